The molecular weight excluding hydrogens is 351 g/mol. The first-order valence-corrected chi connectivity index (χ1v) is 7.74. The molecule has 0 aliphatic rings. The molecule has 26 heavy (non-hydrogen) atoms. The van der Waals surface area contributed by atoms with Crippen LogP contribution in [0.3, 0.4) is 0 Å². The summed E-state index contributed by atoms with van der Waals surface area (Å²) in [4.78, 5) is 11.8. The van der Waals surface area contributed by atoms with Gasteiger partial charge in [0.2, 0.25) is 0 Å². The lowest BCUT2D eigenvalue weighted by atomic mass is 10.0. The molecule has 8 heteroatoms. The number of carbonyl (C=O) groups is 1. The lowest BCUT2D eigenvalue weighted by Crippen LogP contribution is -2.42. The van der Waals surface area contributed by atoms with Crippen molar-refractivity contribution in [2.75, 3.05) is 6.61 Å². The number of aliphatic hydroxyl groups is 2. The molecule has 0 aromatic heterocycles. The van der Waals surface area contributed by atoms with Gasteiger partial charge in [-0.3, -0.25) is 0 Å². The molecule has 5 nitrogen and oxygen atoms in total. The van der Waals surface area contributed by atoms with Gasteiger partial charge in [-0.2, -0.15) is 13.2 Å². The fourth-order valence-corrected chi connectivity index (χ4v) is 2.24. The first-order valence-electron chi connectivity index (χ1n) is 7.74. The summed E-state index contributed by atoms with van der Waals surface area (Å²) in [5, 5.41) is 21.9. The summed E-state index contributed by atoms with van der Waals surface area (Å²) >= 11 is 0. The Morgan fingerprint density at radius 1 is 1.08 bits per heavy atom. The van der Waals surface area contributed by atoms with Crippen LogP contribution in [0.5, 0.6) is 0 Å². The van der Waals surface area contributed by atoms with Gasteiger partial charge in [0.1, 0.15) is 12.7 Å². The molecule has 2 atom stereocenters. The molecule has 0 aliphatic heterocycles. The Morgan fingerprint density at radius 2 is 1.69 bits per heavy atom. The van der Waals surface area contributed by atoms with Crippen LogP contribution >= 0.6 is 0 Å². The van der Waals surface area contributed by atoms with Crippen LogP contribution in [-0.4, -0.2) is 29.0 Å². The van der Waals surface area contributed by atoms with Crippen LogP contribution in [0.4, 0.5) is 18.0 Å². The summed E-state index contributed by atoms with van der Waals surface area (Å²) in [6.07, 6.45) is -6.75. The van der Waals surface area contributed by atoms with E-state index >= 15 is 0 Å². The molecule has 0 saturated heterocycles. The Labute approximate surface area is 148 Å². The van der Waals surface area contributed by atoms with Gasteiger partial charge in [-0.15, -0.1) is 0 Å². The fraction of sp³-hybridized carbons (Fsp3) is 0.278. The minimum atomic E-state index is -4.49. The van der Waals surface area contributed by atoms with Gasteiger partial charge in [0.25, 0.3) is 0 Å². The number of nitrogens with one attached hydrogen (secondary N) is 1. The van der Waals surface area contributed by atoms with E-state index in [9.17, 15) is 28.2 Å². The normalized spacial score (nSPS) is 13.7. The minimum absolute atomic E-state index is 0.00119. The third-order valence-electron chi connectivity index (χ3n) is 3.67. The van der Waals surface area contributed by atoms with Crippen molar-refractivity contribution in [1.82, 2.24) is 5.32 Å². The van der Waals surface area contributed by atoms with Gasteiger partial charge in [-0.1, -0.05) is 42.5 Å². The molecular formula is C18H18F3NO4. The third-order valence-corrected chi connectivity index (χ3v) is 3.67. The van der Waals surface area contributed by atoms with Gasteiger partial charge in [-0.25, -0.2) is 4.79 Å². The first kappa shape index (κ1) is 19.7. The van der Waals surface area contributed by atoms with Crippen molar-refractivity contribution in [3.8, 4) is 0 Å². The smallest absolute Gasteiger partial charge is 0.416 e. The maximum absolute atomic E-state index is 12.6. The van der Waals surface area contributed by atoms with Gasteiger partial charge >= 0.3 is 12.3 Å². The van der Waals surface area contributed by atoms with Crippen LogP contribution in [0.15, 0.2) is 54.6 Å². The van der Waals surface area contributed by atoms with E-state index < -0.39 is 36.6 Å². The molecule has 0 spiro atoms. The number of ether oxygens (including phenoxy) is 1. The number of alkyl carbamates (subject to hydrolysis) is 1. The van der Waals surface area contributed by atoms with Crippen LogP contribution in [0.25, 0.3) is 0 Å². The summed E-state index contributed by atoms with van der Waals surface area (Å²) in [6, 6.07) is 11.6. The van der Waals surface area contributed by atoms with Crippen molar-refractivity contribution in [1.29, 1.82) is 0 Å². The highest BCUT2D eigenvalue weighted by Gasteiger charge is 2.31. The van der Waals surface area contributed by atoms with E-state index in [0.29, 0.717) is 0 Å². The molecule has 1 amide bonds. The van der Waals surface area contributed by atoms with E-state index in [0.717, 1.165) is 29.8 Å². The van der Waals surface area contributed by atoms with Crippen LogP contribution in [0, 0.1) is 0 Å². The molecule has 0 fully saturated rings. The number of alkyl halides is 3. The van der Waals surface area contributed by atoms with Crippen molar-refractivity contribution in [2.45, 2.75) is 24.9 Å². The molecule has 2 rings (SSSR count). The van der Waals surface area contributed by atoms with Crippen LogP contribution in [0.2, 0.25) is 0 Å². The zero-order chi connectivity index (χ0) is 19.2. The molecule has 0 radical (unpaired) electrons. The second kappa shape index (κ2) is 8.68. The zero-order valence-electron chi connectivity index (χ0n) is 13.6. The fourth-order valence-electron chi connectivity index (χ4n) is 2.24. The molecule has 0 heterocycles. The van der Waals surface area contributed by atoms with E-state index in [1.54, 1.807) is 24.3 Å². The number of halogens is 3. The van der Waals surface area contributed by atoms with Crippen molar-refractivity contribution in [3.05, 3.63) is 71.3 Å². The van der Waals surface area contributed by atoms with Crippen molar-refractivity contribution in [3.63, 3.8) is 0 Å². The Hall–Kier alpha value is -2.58. The Balaban J connectivity index is 1.95. The molecule has 2 aromatic carbocycles. The molecule has 2 unspecified atom stereocenters. The largest absolute Gasteiger partial charge is 0.445 e. The van der Waals surface area contributed by atoms with Crippen molar-refractivity contribution in [2.24, 2.45) is 0 Å². The average Bonchev–Trinajstić information content (AvgIpc) is 2.64. The maximum Gasteiger partial charge on any atom is 0.416 e. The molecule has 0 saturated carbocycles. The number of amides is 1. The van der Waals surface area contributed by atoms with Gasteiger partial charge in [0, 0.05) is 0 Å². The lowest BCUT2D eigenvalue weighted by Gasteiger charge is -2.22. The number of hydrogen-bond donors (Lipinski definition) is 3. The minimum Gasteiger partial charge on any atom is -0.445 e. The average molecular weight is 369 g/mol. The predicted molar refractivity (Wildman–Crippen MR) is 87.0 cm³/mol. The summed E-state index contributed by atoms with van der Waals surface area (Å²) in [6.45, 7) is -0.621. The van der Waals surface area contributed by atoms with Crippen molar-refractivity contribution >= 4 is 6.09 Å². The number of hydrogen-bond acceptors (Lipinski definition) is 4. The van der Waals surface area contributed by atoms with Gasteiger partial charge < -0.3 is 20.3 Å². The van der Waals surface area contributed by atoms with Crippen LogP contribution in [-0.2, 0) is 17.5 Å². The molecule has 3 N–H and O–H groups in total. The van der Waals surface area contributed by atoms with E-state index in [1.165, 1.54) is 0 Å². The Bertz CT molecular complexity index is 705. The first-order chi connectivity index (χ1) is 12.3. The zero-order valence-corrected chi connectivity index (χ0v) is 13.6. The van der Waals surface area contributed by atoms with Gasteiger partial charge in [0.15, 0.2) is 0 Å². The third kappa shape index (κ3) is 5.47. The van der Waals surface area contributed by atoms with Crippen molar-refractivity contribution < 1.29 is 32.9 Å². The summed E-state index contributed by atoms with van der Waals surface area (Å²) in [5.74, 6) is 0. The van der Waals surface area contributed by atoms with E-state index in [2.05, 4.69) is 5.32 Å². The van der Waals surface area contributed by atoms with Crippen LogP contribution < -0.4 is 5.32 Å². The monoisotopic (exact) mass is 369 g/mol. The number of carbonyl (C=O) groups excluding carboxylic acids is 1. The SMILES string of the molecule is O=C(NC(CO)C(O)c1ccc(C(F)(F)F)cc1)OCc1ccccc1. The molecule has 0 aliphatic carbocycles. The molecule has 0 bridgehead atoms. The highest BCUT2D eigenvalue weighted by molar-refractivity contribution is 5.67. The van der Waals surface area contributed by atoms with Gasteiger partial charge in [0.05, 0.1) is 18.2 Å². The number of benzene rings is 2. The van der Waals surface area contributed by atoms with E-state index in [4.69, 9.17) is 4.74 Å². The Morgan fingerprint density at radius 3 is 2.23 bits per heavy atom. The highest BCUT2D eigenvalue weighted by Crippen LogP contribution is 2.30. The van der Waals surface area contributed by atoms with Crippen LogP contribution in [0.1, 0.15) is 22.8 Å². The molecule has 140 valence electrons. The standard InChI is InChI=1S/C18H18F3NO4/c19-18(20,21)14-8-6-13(7-9-14)16(24)15(10-23)22-17(25)26-11-12-4-2-1-3-5-12/h1-9,15-16,23-24H,10-11H2,(H,22,25). The summed E-state index contributed by atoms with van der Waals surface area (Å²) in [7, 11) is 0. The Kier molecular flexibility index (Phi) is 6.59. The maximum atomic E-state index is 12.6. The predicted octanol–water partition coefficient (Wildman–Crippen LogP) is 3.03. The lowest BCUT2D eigenvalue weighted by molar-refractivity contribution is -0.137. The summed E-state index contributed by atoms with van der Waals surface area (Å²) < 4.78 is 42.7. The number of rotatable bonds is 6. The quantitative estimate of drug-likeness (QED) is 0.731. The second-order valence-corrected chi connectivity index (χ2v) is 5.56. The topological polar surface area (TPSA) is 78.8 Å². The summed E-state index contributed by atoms with van der Waals surface area (Å²) in [5.41, 5.74) is 0.0242. The molecule has 2 aromatic rings. The van der Waals surface area contributed by atoms with E-state index in [-0.39, 0.29) is 12.2 Å². The van der Waals surface area contributed by atoms with E-state index in [1.807, 2.05) is 6.07 Å². The van der Waals surface area contributed by atoms with Gasteiger partial charge in [-0.05, 0) is 23.3 Å². The number of aliphatic hydroxyl groups excluding tert-OH is 2. The second-order valence-electron chi connectivity index (χ2n) is 5.56. The highest BCUT2D eigenvalue weighted by atomic mass is 19.4.